The number of allylic oxidation sites excluding steroid dienone is 2. The molecular weight excluding hydrogens is 302 g/mol. The van der Waals surface area contributed by atoms with Crippen molar-refractivity contribution in [2.45, 2.75) is 19.8 Å². The van der Waals surface area contributed by atoms with Crippen molar-refractivity contribution < 1.29 is 9.53 Å². The molecule has 3 N–H and O–H groups in total. The highest BCUT2D eigenvalue weighted by Crippen LogP contribution is 2.33. The van der Waals surface area contributed by atoms with Gasteiger partial charge in [0.2, 0.25) is 5.91 Å². The maximum absolute atomic E-state index is 11.0. The van der Waals surface area contributed by atoms with Crippen LogP contribution in [0.25, 0.3) is 5.57 Å². The second-order valence-corrected chi connectivity index (χ2v) is 5.64. The molecule has 5 heteroatoms. The zero-order chi connectivity index (χ0) is 17.1. The number of carbonyl (C=O) groups is 1. The summed E-state index contributed by atoms with van der Waals surface area (Å²) < 4.78 is 5.85. The Kier molecular flexibility index (Phi) is 4.21. The molecule has 0 spiro atoms. The van der Waals surface area contributed by atoms with Gasteiger partial charge in [-0.25, -0.2) is 0 Å². The Hall–Kier alpha value is -3.26. The number of hydrogen-bond donors (Lipinski definition) is 2. The van der Waals surface area contributed by atoms with E-state index >= 15 is 0 Å². The maximum atomic E-state index is 11.0. The van der Waals surface area contributed by atoms with E-state index in [1.165, 1.54) is 6.92 Å². The van der Waals surface area contributed by atoms with Gasteiger partial charge in [0, 0.05) is 23.9 Å². The van der Waals surface area contributed by atoms with Gasteiger partial charge in [-0.2, -0.15) is 5.26 Å². The molecule has 0 saturated carbocycles. The van der Waals surface area contributed by atoms with Crippen molar-refractivity contribution in [3.63, 3.8) is 0 Å². The van der Waals surface area contributed by atoms with Crippen LogP contribution in [0.4, 0.5) is 5.69 Å². The van der Waals surface area contributed by atoms with Gasteiger partial charge in [-0.3, -0.25) is 4.79 Å². The average Bonchev–Trinajstić information content (AvgIpc) is 2.56. The quantitative estimate of drug-likeness (QED) is 0.905. The third-order valence-electron chi connectivity index (χ3n) is 3.86. The third kappa shape index (κ3) is 3.23. The topological polar surface area (TPSA) is 88.1 Å². The van der Waals surface area contributed by atoms with Gasteiger partial charge < -0.3 is 15.8 Å². The van der Waals surface area contributed by atoms with Gasteiger partial charge in [0.25, 0.3) is 0 Å². The van der Waals surface area contributed by atoms with Crippen molar-refractivity contribution in [2.75, 3.05) is 5.32 Å². The van der Waals surface area contributed by atoms with Crippen LogP contribution in [-0.2, 0) is 11.2 Å². The highest BCUT2D eigenvalue weighted by Gasteiger charge is 2.18. The van der Waals surface area contributed by atoms with E-state index in [1.54, 1.807) is 24.3 Å². The van der Waals surface area contributed by atoms with Gasteiger partial charge in [-0.15, -0.1) is 0 Å². The fourth-order valence-electron chi connectivity index (χ4n) is 2.71. The summed E-state index contributed by atoms with van der Waals surface area (Å²) in [5, 5.41) is 12.0. The summed E-state index contributed by atoms with van der Waals surface area (Å²) in [6.07, 6.45) is 1.54. The molecule has 0 unspecified atom stereocenters. The minimum Gasteiger partial charge on any atom is -0.457 e. The Morgan fingerprint density at radius 2 is 1.88 bits per heavy atom. The van der Waals surface area contributed by atoms with E-state index in [-0.39, 0.29) is 5.91 Å². The Morgan fingerprint density at radius 1 is 1.17 bits per heavy atom. The Balaban J connectivity index is 1.84. The van der Waals surface area contributed by atoms with E-state index in [4.69, 9.17) is 10.5 Å². The smallest absolute Gasteiger partial charge is 0.221 e. The lowest BCUT2D eigenvalue weighted by atomic mass is 9.89. The van der Waals surface area contributed by atoms with E-state index < -0.39 is 0 Å². The number of nitriles is 1. The number of benzene rings is 2. The van der Waals surface area contributed by atoms with Crippen LogP contribution in [0, 0.1) is 11.3 Å². The fourth-order valence-corrected chi connectivity index (χ4v) is 2.71. The predicted molar refractivity (Wildman–Crippen MR) is 92.3 cm³/mol. The molecule has 24 heavy (non-hydrogen) atoms. The zero-order valence-corrected chi connectivity index (χ0v) is 13.3. The summed E-state index contributed by atoms with van der Waals surface area (Å²) in [6.45, 7) is 1.46. The number of nitrogens with two attached hydrogens (primary N) is 1. The van der Waals surface area contributed by atoms with Crippen LogP contribution in [0.1, 0.15) is 24.5 Å². The first-order valence-corrected chi connectivity index (χ1v) is 7.64. The molecule has 1 aliphatic carbocycles. The number of hydrogen-bond acceptors (Lipinski definition) is 4. The number of nitrogens with zero attached hydrogens (tertiary/aromatic N) is 1. The van der Waals surface area contributed by atoms with Crippen molar-refractivity contribution in [2.24, 2.45) is 5.73 Å². The van der Waals surface area contributed by atoms with Gasteiger partial charge in [0.1, 0.15) is 17.6 Å². The zero-order valence-electron chi connectivity index (χ0n) is 13.3. The number of nitrogens with one attached hydrogen (secondary N) is 1. The molecule has 0 aromatic heterocycles. The highest BCUT2D eigenvalue weighted by molar-refractivity contribution is 5.88. The van der Waals surface area contributed by atoms with Crippen molar-refractivity contribution in [3.8, 4) is 17.6 Å². The van der Waals surface area contributed by atoms with Crippen LogP contribution in [0.5, 0.6) is 11.5 Å². The predicted octanol–water partition coefficient (Wildman–Crippen LogP) is 3.58. The molecule has 0 bridgehead atoms. The summed E-state index contributed by atoms with van der Waals surface area (Å²) in [4.78, 5) is 11.0. The first kappa shape index (κ1) is 15.6. The highest BCUT2D eigenvalue weighted by atomic mass is 16.5. The molecule has 1 aliphatic rings. The third-order valence-corrected chi connectivity index (χ3v) is 3.86. The summed E-state index contributed by atoms with van der Waals surface area (Å²) >= 11 is 0. The summed E-state index contributed by atoms with van der Waals surface area (Å²) in [7, 11) is 0. The second kappa shape index (κ2) is 6.47. The summed E-state index contributed by atoms with van der Waals surface area (Å²) in [5.41, 5.74) is 9.76. The number of rotatable bonds is 3. The van der Waals surface area contributed by atoms with Crippen molar-refractivity contribution in [1.29, 1.82) is 5.26 Å². The molecule has 5 nitrogen and oxygen atoms in total. The SMILES string of the molecule is CC(=O)Nc1ccc(Oc2ccc3c(c2)C(C#N)=C(N)CC3)cc1. The molecule has 0 atom stereocenters. The minimum atomic E-state index is -0.119. The van der Waals surface area contributed by atoms with Gasteiger partial charge in [0.05, 0.1) is 5.57 Å². The second-order valence-electron chi connectivity index (χ2n) is 5.64. The molecular formula is C19H17N3O2. The number of carbonyl (C=O) groups excluding carboxylic acids is 1. The molecule has 3 rings (SSSR count). The van der Waals surface area contributed by atoms with E-state index in [9.17, 15) is 10.1 Å². The Morgan fingerprint density at radius 3 is 2.54 bits per heavy atom. The lowest BCUT2D eigenvalue weighted by Crippen LogP contribution is -2.10. The first-order valence-electron chi connectivity index (χ1n) is 7.64. The van der Waals surface area contributed by atoms with Crippen LogP contribution >= 0.6 is 0 Å². The number of amides is 1. The first-order chi connectivity index (χ1) is 11.6. The van der Waals surface area contributed by atoms with Crippen LogP contribution in [0.3, 0.4) is 0 Å². The van der Waals surface area contributed by atoms with Crippen molar-refractivity contribution >= 4 is 17.2 Å². The molecule has 0 aliphatic heterocycles. The molecule has 2 aromatic carbocycles. The summed E-state index contributed by atoms with van der Waals surface area (Å²) in [6, 6.07) is 15.0. The Labute approximate surface area is 140 Å². The monoisotopic (exact) mass is 319 g/mol. The van der Waals surface area contributed by atoms with E-state index in [1.807, 2.05) is 18.2 Å². The molecule has 0 heterocycles. The van der Waals surface area contributed by atoms with Gasteiger partial charge >= 0.3 is 0 Å². The molecule has 1 amide bonds. The van der Waals surface area contributed by atoms with Crippen LogP contribution in [-0.4, -0.2) is 5.91 Å². The minimum absolute atomic E-state index is 0.119. The lowest BCUT2D eigenvalue weighted by molar-refractivity contribution is -0.114. The van der Waals surface area contributed by atoms with Crippen LogP contribution in [0.15, 0.2) is 48.2 Å². The summed E-state index contributed by atoms with van der Waals surface area (Å²) in [5.74, 6) is 1.17. The molecule has 0 saturated heterocycles. The molecule has 0 radical (unpaired) electrons. The standard InChI is InChI=1S/C19H17N3O2/c1-12(23)22-14-4-7-15(8-5-14)24-16-6-2-13-3-9-19(21)18(11-20)17(13)10-16/h2,4-8,10H,3,9,21H2,1H3,(H,22,23). The lowest BCUT2D eigenvalue weighted by Gasteiger charge is -2.18. The fraction of sp³-hybridized carbons (Fsp3) is 0.158. The van der Waals surface area contributed by atoms with Gasteiger partial charge in [0.15, 0.2) is 0 Å². The van der Waals surface area contributed by atoms with E-state index in [0.29, 0.717) is 34.9 Å². The molecule has 120 valence electrons. The molecule has 0 fully saturated rings. The molecule has 2 aromatic rings. The number of aryl methyl sites for hydroxylation is 1. The van der Waals surface area contributed by atoms with Gasteiger partial charge in [-0.05, 0) is 54.8 Å². The average molecular weight is 319 g/mol. The van der Waals surface area contributed by atoms with E-state index in [2.05, 4.69) is 11.4 Å². The largest absolute Gasteiger partial charge is 0.457 e. The van der Waals surface area contributed by atoms with Crippen LogP contribution in [0.2, 0.25) is 0 Å². The van der Waals surface area contributed by atoms with Crippen molar-refractivity contribution in [1.82, 2.24) is 0 Å². The maximum Gasteiger partial charge on any atom is 0.221 e. The number of fused-ring (bicyclic) bond motifs is 1. The number of ether oxygens (including phenoxy) is 1. The van der Waals surface area contributed by atoms with Crippen LogP contribution < -0.4 is 15.8 Å². The Bertz CT molecular complexity index is 861. The van der Waals surface area contributed by atoms with Gasteiger partial charge in [-0.1, -0.05) is 6.07 Å². The normalized spacial score (nSPS) is 13.0. The number of anilines is 1. The van der Waals surface area contributed by atoms with Crippen molar-refractivity contribution in [3.05, 3.63) is 59.3 Å². The van der Waals surface area contributed by atoms with E-state index in [0.717, 1.165) is 17.5 Å².